The molecule has 1 saturated carbocycles. The molecule has 1 fully saturated rings. The van der Waals surface area contributed by atoms with Crippen LogP contribution >= 0.6 is 0 Å². The Balaban J connectivity index is 1.96. The number of carboxylic acids is 1. The number of hydrogen-bond donors (Lipinski definition) is 3. The summed E-state index contributed by atoms with van der Waals surface area (Å²) >= 11 is 0. The lowest BCUT2D eigenvalue weighted by Gasteiger charge is -2.10. The van der Waals surface area contributed by atoms with Gasteiger partial charge in [-0.3, -0.25) is 0 Å². The number of carbonyl (C=O) groups is 2. The molecule has 1 aromatic carbocycles. The average molecular weight is 280 g/mol. The predicted molar refractivity (Wildman–Crippen MR) is 72.3 cm³/mol. The van der Waals surface area contributed by atoms with Gasteiger partial charge >= 0.3 is 12.0 Å². The lowest BCUT2D eigenvalue weighted by atomic mass is 10.2. The van der Waals surface area contributed by atoms with Gasteiger partial charge in [0.2, 0.25) is 0 Å². The van der Waals surface area contributed by atoms with Crippen LogP contribution in [0.5, 0.6) is 0 Å². The molecule has 0 aromatic heterocycles. The molecule has 5 nitrogen and oxygen atoms in total. The zero-order valence-corrected chi connectivity index (χ0v) is 11.1. The molecular weight excluding hydrogens is 263 g/mol. The average Bonchev–Trinajstić information content (AvgIpc) is 3.09. The number of benzene rings is 1. The topological polar surface area (TPSA) is 78.4 Å². The van der Waals surface area contributed by atoms with E-state index in [9.17, 15) is 14.0 Å². The first-order valence-corrected chi connectivity index (χ1v) is 6.61. The van der Waals surface area contributed by atoms with Gasteiger partial charge in [0.15, 0.2) is 0 Å². The first-order chi connectivity index (χ1) is 9.51. The Morgan fingerprint density at radius 3 is 2.85 bits per heavy atom. The van der Waals surface area contributed by atoms with Crippen molar-refractivity contribution in [2.24, 2.45) is 5.92 Å². The first kappa shape index (κ1) is 14.3. The summed E-state index contributed by atoms with van der Waals surface area (Å²) in [7, 11) is 0. The van der Waals surface area contributed by atoms with Crippen molar-refractivity contribution < 1.29 is 19.1 Å². The van der Waals surface area contributed by atoms with E-state index in [2.05, 4.69) is 17.6 Å². The number of rotatable bonds is 5. The van der Waals surface area contributed by atoms with Crippen LogP contribution in [0.15, 0.2) is 18.2 Å². The van der Waals surface area contributed by atoms with Crippen molar-refractivity contribution >= 4 is 17.7 Å². The van der Waals surface area contributed by atoms with Crippen LogP contribution in [-0.2, 0) is 0 Å². The van der Waals surface area contributed by atoms with Gasteiger partial charge in [0.25, 0.3) is 0 Å². The number of aromatic carboxylic acids is 1. The van der Waals surface area contributed by atoms with Crippen molar-refractivity contribution in [1.29, 1.82) is 0 Å². The monoisotopic (exact) mass is 280 g/mol. The molecule has 0 heterocycles. The minimum absolute atomic E-state index is 0.0871. The Bertz CT molecular complexity index is 533. The summed E-state index contributed by atoms with van der Waals surface area (Å²) in [5.41, 5.74) is -0.176. The molecule has 108 valence electrons. The molecule has 0 aliphatic heterocycles. The molecular formula is C14H17FN2O3. The smallest absolute Gasteiger partial charge is 0.337 e. The van der Waals surface area contributed by atoms with Crippen molar-refractivity contribution in [2.75, 3.05) is 5.32 Å². The first-order valence-electron chi connectivity index (χ1n) is 6.61. The number of nitrogens with one attached hydrogen (secondary N) is 2. The Labute approximate surface area is 116 Å². The van der Waals surface area contributed by atoms with Crippen LogP contribution in [0.2, 0.25) is 0 Å². The number of carbonyl (C=O) groups excluding carboxylic acids is 1. The van der Waals surface area contributed by atoms with Gasteiger partial charge in [-0.15, -0.1) is 0 Å². The molecule has 1 aliphatic rings. The summed E-state index contributed by atoms with van der Waals surface area (Å²) in [4.78, 5) is 22.8. The van der Waals surface area contributed by atoms with Crippen LogP contribution in [0.3, 0.4) is 0 Å². The van der Waals surface area contributed by atoms with Crippen LogP contribution in [0.4, 0.5) is 14.9 Å². The van der Waals surface area contributed by atoms with Gasteiger partial charge in [-0.1, -0.05) is 13.3 Å². The Morgan fingerprint density at radius 1 is 1.45 bits per heavy atom. The van der Waals surface area contributed by atoms with Crippen LogP contribution in [-0.4, -0.2) is 23.1 Å². The third-order valence-electron chi connectivity index (χ3n) is 3.36. The van der Waals surface area contributed by atoms with Crippen molar-refractivity contribution in [2.45, 2.75) is 32.2 Å². The summed E-state index contributed by atoms with van der Waals surface area (Å²) < 4.78 is 13.0. The van der Waals surface area contributed by atoms with Gasteiger partial charge in [0.1, 0.15) is 5.82 Å². The quantitative estimate of drug-likeness (QED) is 0.776. The Morgan fingerprint density at radius 2 is 2.20 bits per heavy atom. The van der Waals surface area contributed by atoms with E-state index in [1.165, 1.54) is 6.07 Å². The second-order valence-electron chi connectivity index (χ2n) is 4.98. The lowest BCUT2D eigenvalue weighted by Crippen LogP contribution is -2.32. The van der Waals surface area contributed by atoms with Gasteiger partial charge in [-0.2, -0.15) is 0 Å². The molecule has 0 spiro atoms. The zero-order valence-electron chi connectivity index (χ0n) is 11.1. The summed E-state index contributed by atoms with van der Waals surface area (Å²) in [5, 5.41) is 14.2. The third-order valence-corrected chi connectivity index (χ3v) is 3.36. The molecule has 2 amide bonds. The summed E-state index contributed by atoms with van der Waals surface area (Å²) in [6.07, 6.45) is 3.10. The molecule has 0 bridgehead atoms. The molecule has 2 atom stereocenters. The maximum atomic E-state index is 13.0. The van der Waals surface area contributed by atoms with Gasteiger partial charge in [0.05, 0.1) is 11.3 Å². The molecule has 0 saturated heterocycles. The molecule has 2 rings (SSSR count). The molecule has 20 heavy (non-hydrogen) atoms. The molecule has 6 heteroatoms. The van der Waals surface area contributed by atoms with Crippen LogP contribution in [0, 0.1) is 11.7 Å². The fourth-order valence-electron chi connectivity index (χ4n) is 2.24. The molecule has 1 aliphatic carbocycles. The minimum Gasteiger partial charge on any atom is -0.478 e. The van der Waals surface area contributed by atoms with E-state index in [-0.39, 0.29) is 17.3 Å². The summed E-state index contributed by atoms with van der Waals surface area (Å²) in [6, 6.07) is 2.94. The fourth-order valence-corrected chi connectivity index (χ4v) is 2.24. The summed E-state index contributed by atoms with van der Waals surface area (Å²) in [5.74, 6) is -1.42. The number of anilines is 1. The number of halogens is 1. The lowest BCUT2D eigenvalue weighted by molar-refractivity contribution is 0.0697. The van der Waals surface area contributed by atoms with E-state index in [0.29, 0.717) is 5.92 Å². The second-order valence-corrected chi connectivity index (χ2v) is 4.98. The number of amides is 2. The Hall–Kier alpha value is -2.11. The van der Waals surface area contributed by atoms with E-state index in [0.717, 1.165) is 31.4 Å². The van der Waals surface area contributed by atoms with E-state index >= 15 is 0 Å². The van der Waals surface area contributed by atoms with Crippen molar-refractivity contribution in [3.8, 4) is 0 Å². The molecule has 0 radical (unpaired) electrons. The highest BCUT2D eigenvalue weighted by atomic mass is 19.1. The predicted octanol–water partition coefficient (Wildman–Crippen LogP) is 2.83. The van der Waals surface area contributed by atoms with Gasteiger partial charge in [0, 0.05) is 6.04 Å². The highest BCUT2D eigenvalue weighted by molar-refractivity contribution is 6.00. The standard InChI is InChI=1S/C14H17FN2O3/c1-2-3-8-6-12(8)17-14(20)16-11-5-4-9(15)7-10(11)13(18)19/h4-5,7-8,12H,2-3,6H2,1H3,(H,18,19)(H2,16,17,20). The number of urea groups is 1. The molecule has 1 aromatic rings. The zero-order chi connectivity index (χ0) is 14.7. The minimum atomic E-state index is -1.28. The van der Waals surface area contributed by atoms with Gasteiger partial charge in [-0.05, 0) is 37.0 Å². The summed E-state index contributed by atoms with van der Waals surface area (Å²) in [6.45, 7) is 2.09. The van der Waals surface area contributed by atoms with Crippen LogP contribution < -0.4 is 10.6 Å². The van der Waals surface area contributed by atoms with Crippen molar-refractivity contribution in [3.05, 3.63) is 29.6 Å². The molecule has 3 N–H and O–H groups in total. The molecule has 2 unspecified atom stereocenters. The number of hydrogen-bond acceptors (Lipinski definition) is 2. The van der Waals surface area contributed by atoms with Crippen LogP contribution in [0.1, 0.15) is 36.5 Å². The van der Waals surface area contributed by atoms with E-state index < -0.39 is 17.8 Å². The third kappa shape index (κ3) is 3.46. The van der Waals surface area contributed by atoms with Crippen molar-refractivity contribution in [1.82, 2.24) is 5.32 Å². The second kappa shape index (κ2) is 5.90. The highest BCUT2D eigenvalue weighted by Crippen LogP contribution is 2.34. The maximum Gasteiger partial charge on any atom is 0.337 e. The van der Waals surface area contributed by atoms with E-state index in [1.807, 2.05) is 0 Å². The van der Waals surface area contributed by atoms with Gasteiger partial charge < -0.3 is 15.7 Å². The normalized spacial score (nSPS) is 20.3. The maximum absolute atomic E-state index is 13.0. The van der Waals surface area contributed by atoms with E-state index in [1.54, 1.807) is 0 Å². The number of carboxylic acid groups (broad SMARTS) is 1. The SMILES string of the molecule is CCCC1CC1NC(=O)Nc1ccc(F)cc1C(=O)O. The van der Waals surface area contributed by atoms with Crippen molar-refractivity contribution in [3.63, 3.8) is 0 Å². The van der Waals surface area contributed by atoms with E-state index in [4.69, 9.17) is 5.11 Å². The highest BCUT2D eigenvalue weighted by Gasteiger charge is 2.37. The Kier molecular flexibility index (Phi) is 4.22. The fraction of sp³-hybridized carbons (Fsp3) is 0.429. The van der Waals surface area contributed by atoms with Crippen LogP contribution in [0.25, 0.3) is 0 Å². The largest absolute Gasteiger partial charge is 0.478 e. The van der Waals surface area contributed by atoms with Gasteiger partial charge in [-0.25, -0.2) is 14.0 Å².